The minimum atomic E-state index is -0.498. The Balaban J connectivity index is 1.51. The van der Waals surface area contributed by atoms with Gasteiger partial charge in [-0.15, -0.1) is 0 Å². The van der Waals surface area contributed by atoms with Crippen LogP contribution in [0, 0.1) is 0 Å². The molecule has 0 radical (unpaired) electrons. The maximum absolute atomic E-state index is 11.9. The van der Waals surface area contributed by atoms with Crippen molar-refractivity contribution in [2.24, 2.45) is 0 Å². The Morgan fingerprint density at radius 1 is 0.926 bits per heavy atom. The number of rotatable bonds is 5. The van der Waals surface area contributed by atoms with Crippen molar-refractivity contribution >= 4 is 40.3 Å². The topological polar surface area (TPSA) is 67.4 Å². The minimum absolute atomic E-state index is 0.267. The highest BCUT2D eigenvalue weighted by molar-refractivity contribution is 6.32. The minimum Gasteiger partial charge on any atom is -0.482 e. The van der Waals surface area contributed by atoms with Crippen molar-refractivity contribution in [3.05, 3.63) is 83.4 Å². The number of ether oxygens (including phenoxy) is 1. The van der Waals surface area contributed by atoms with Gasteiger partial charge in [-0.05, 0) is 34.5 Å². The third-order valence-corrected chi connectivity index (χ3v) is 4.07. The first kappa shape index (κ1) is 18.5. The Kier molecular flexibility index (Phi) is 6.07. The average molecular weight is 381 g/mol. The third-order valence-electron chi connectivity index (χ3n) is 3.76. The van der Waals surface area contributed by atoms with Gasteiger partial charge in [0.1, 0.15) is 5.75 Å². The summed E-state index contributed by atoms with van der Waals surface area (Å²) in [6, 6.07) is 20.6. The lowest BCUT2D eigenvalue weighted by Crippen LogP contribution is -2.43. The van der Waals surface area contributed by atoms with E-state index >= 15 is 0 Å². The van der Waals surface area contributed by atoms with Gasteiger partial charge in [-0.1, -0.05) is 66.2 Å². The number of hydrazine groups is 1. The monoisotopic (exact) mass is 380 g/mol. The molecule has 6 heteroatoms. The Bertz CT molecular complexity index is 996. The lowest BCUT2D eigenvalue weighted by Gasteiger charge is -2.08. The molecule has 0 unspecified atom stereocenters. The van der Waals surface area contributed by atoms with Crippen molar-refractivity contribution in [1.82, 2.24) is 10.9 Å². The molecule has 0 saturated heterocycles. The van der Waals surface area contributed by atoms with Gasteiger partial charge < -0.3 is 4.74 Å². The van der Waals surface area contributed by atoms with Crippen LogP contribution in [0.3, 0.4) is 0 Å². The average Bonchev–Trinajstić information content (AvgIpc) is 2.70. The summed E-state index contributed by atoms with van der Waals surface area (Å²) >= 11 is 5.94. The van der Waals surface area contributed by atoms with E-state index in [0.29, 0.717) is 10.8 Å². The lowest BCUT2D eigenvalue weighted by atomic mass is 10.0. The van der Waals surface area contributed by atoms with Crippen molar-refractivity contribution in [2.75, 3.05) is 6.61 Å². The van der Waals surface area contributed by atoms with Crippen LogP contribution < -0.4 is 15.6 Å². The van der Waals surface area contributed by atoms with Crippen LogP contribution in [0.1, 0.15) is 5.56 Å². The van der Waals surface area contributed by atoms with Crippen molar-refractivity contribution in [3.8, 4) is 5.75 Å². The molecule has 0 aliphatic rings. The summed E-state index contributed by atoms with van der Waals surface area (Å²) in [4.78, 5) is 23.7. The van der Waals surface area contributed by atoms with Gasteiger partial charge in [0.2, 0.25) is 0 Å². The van der Waals surface area contributed by atoms with Crippen LogP contribution in [0.4, 0.5) is 0 Å². The zero-order chi connectivity index (χ0) is 19.1. The fraction of sp³-hybridized carbons (Fsp3) is 0.0476. The molecule has 0 aliphatic carbocycles. The van der Waals surface area contributed by atoms with Gasteiger partial charge >= 0.3 is 0 Å². The predicted molar refractivity (Wildman–Crippen MR) is 106 cm³/mol. The number of amides is 2. The molecule has 0 fully saturated rings. The summed E-state index contributed by atoms with van der Waals surface area (Å²) < 4.78 is 5.30. The van der Waals surface area contributed by atoms with Crippen molar-refractivity contribution in [1.29, 1.82) is 0 Å². The second-order valence-electron chi connectivity index (χ2n) is 5.66. The molecular weight excluding hydrogens is 364 g/mol. The second-order valence-corrected chi connectivity index (χ2v) is 6.07. The number of nitrogens with one attached hydrogen (secondary N) is 2. The van der Waals surface area contributed by atoms with Crippen molar-refractivity contribution in [2.45, 2.75) is 0 Å². The maximum atomic E-state index is 11.9. The Morgan fingerprint density at radius 3 is 2.52 bits per heavy atom. The molecule has 3 aromatic rings. The molecule has 2 amide bonds. The van der Waals surface area contributed by atoms with E-state index in [2.05, 4.69) is 10.9 Å². The Hall–Kier alpha value is -3.31. The third kappa shape index (κ3) is 5.09. The van der Waals surface area contributed by atoms with E-state index in [9.17, 15) is 9.59 Å². The van der Waals surface area contributed by atoms with Crippen molar-refractivity contribution < 1.29 is 14.3 Å². The van der Waals surface area contributed by atoms with Crippen LogP contribution in [-0.2, 0) is 9.59 Å². The van der Waals surface area contributed by atoms with Gasteiger partial charge in [0.25, 0.3) is 11.8 Å². The highest BCUT2D eigenvalue weighted by atomic mass is 35.5. The largest absolute Gasteiger partial charge is 0.482 e. The summed E-state index contributed by atoms with van der Waals surface area (Å²) in [6.07, 6.45) is 3.06. The number of benzene rings is 3. The van der Waals surface area contributed by atoms with Gasteiger partial charge in [-0.3, -0.25) is 20.4 Å². The highest BCUT2D eigenvalue weighted by Gasteiger charge is 2.06. The zero-order valence-corrected chi connectivity index (χ0v) is 15.1. The van der Waals surface area contributed by atoms with Crippen LogP contribution in [0.25, 0.3) is 16.8 Å². The predicted octanol–water partition coefficient (Wildman–Crippen LogP) is 3.73. The summed E-state index contributed by atoms with van der Waals surface area (Å²) in [5.41, 5.74) is 5.51. The fourth-order valence-corrected chi connectivity index (χ4v) is 2.67. The molecule has 5 nitrogen and oxygen atoms in total. The molecule has 0 atom stereocenters. The van der Waals surface area contributed by atoms with Gasteiger partial charge in [0.05, 0.1) is 5.02 Å². The molecule has 0 heterocycles. The summed E-state index contributed by atoms with van der Waals surface area (Å²) in [6.45, 7) is -0.267. The van der Waals surface area contributed by atoms with Crippen LogP contribution in [0.2, 0.25) is 5.02 Å². The Morgan fingerprint density at radius 2 is 1.67 bits per heavy atom. The first-order valence-corrected chi connectivity index (χ1v) is 8.63. The van der Waals surface area contributed by atoms with E-state index in [-0.39, 0.29) is 6.61 Å². The van der Waals surface area contributed by atoms with E-state index < -0.39 is 11.8 Å². The smallest absolute Gasteiger partial charge is 0.276 e. The summed E-state index contributed by atoms with van der Waals surface area (Å²) in [5, 5.41) is 2.54. The molecule has 27 heavy (non-hydrogen) atoms. The van der Waals surface area contributed by atoms with Crippen LogP contribution >= 0.6 is 11.6 Å². The number of para-hydroxylation sites is 1. The molecular formula is C21H17ClN2O3. The molecule has 0 aromatic heterocycles. The second kappa shape index (κ2) is 8.87. The molecule has 0 spiro atoms. The van der Waals surface area contributed by atoms with E-state index in [4.69, 9.17) is 16.3 Å². The maximum Gasteiger partial charge on any atom is 0.276 e. The van der Waals surface area contributed by atoms with Crippen LogP contribution in [0.5, 0.6) is 5.75 Å². The van der Waals surface area contributed by atoms with Gasteiger partial charge in [0, 0.05) is 6.08 Å². The van der Waals surface area contributed by atoms with E-state index in [1.54, 1.807) is 30.3 Å². The molecule has 0 aliphatic heterocycles. The zero-order valence-electron chi connectivity index (χ0n) is 14.3. The summed E-state index contributed by atoms with van der Waals surface area (Å²) in [7, 11) is 0. The van der Waals surface area contributed by atoms with Crippen LogP contribution in [0.15, 0.2) is 72.8 Å². The number of carbonyl (C=O) groups excluding carboxylic acids is 2. The molecule has 136 valence electrons. The van der Waals surface area contributed by atoms with Gasteiger partial charge in [-0.2, -0.15) is 0 Å². The normalized spacial score (nSPS) is 10.7. The quantitative estimate of drug-likeness (QED) is 0.523. The Labute approximate surface area is 161 Å². The van der Waals surface area contributed by atoms with Crippen molar-refractivity contribution in [3.63, 3.8) is 0 Å². The number of hydrogen-bond donors (Lipinski definition) is 2. The first-order valence-electron chi connectivity index (χ1n) is 8.25. The molecule has 0 saturated carbocycles. The lowest BCUT2D eigenvalue weighted by molar-refractivity contribution is -0.128. The molecule has 3 rings (SSSR count). The number of hydrogen-bond acceptors (Lipinski definition) is 3. The van der Waals surface area contributed by atoms with Crippen LogP contribution in [-0.4, -0.2) is 18.4 Å². The fourth-order valence-electron chi connectivity index (χ4n) is 2.48. The number of carbonyl (C=O) groups is 2. The standard InChI is InChI=1S/C21H17ClN2O3/c22-18-10-3-4-11-19(18)27-14-21(26)24-23-20(25)13-12-16-8-5-7-15-6-1-2-9-17(15)16/h1-13H,14H2,(H,23,25)(H,24,26). The summed E-state index contributed by atoms with van der Waals surface area (Å²) in [5.74, 6) is -0.549. The van der Waals surface area contributed by atoms with E-state index in [1.165, 1.54) is 6.08 Å². The van der Waals surface area contributed by atoms with E-state index in [0.717, 1.165) is 16.3 Å². The number of fused-ring (bicyclic) bond motifs is 1. The van der Waals surface area contributed by atoms with E-state index in [1.807, 2.05) is 42.5 Å². The SMILES string of the molecule is O=C(C=Cc1cccc2ccccc12)NNC(=O)COc1ccccc1Cl. The van der Waals surface area contributed by atoms with Gasteiger partial charge in [0.15, 0.2) is 6.61 Å². The molecule has 0 bridgehead atoms. The molecule has 3 aromatic carbocycles. The highest BCUT2D eigenvalue weighted by Crippen LogP contribution is 2.22. The molecule has 2 N–H and O–H groups in total. The van der Waals surface area contributed by atoms with Gasteiger partial charge in [-0.25, -0.2) is 0 Å². The number of halogens is 1. The first-order chi connectivity index (χ1) is 13.1.